The fraction of sp³-hybridized carbons (Fsp3) is 0.400. The zero-order valence-electron chi connectivity index (χ0n) is 8.03. The number of nitrogens with two attached hydrogens (primary N) is 1. The molecule has 1 aromatic carbocycles. The van der Waals surface area contributed by atoms with Crippen LogP contribution in [0.4, 0.5) is 0 Å². The molecule has 0 bridgehead atoms. The highest BCUT2D eigenvalue weighted by atomic mass is 79.9. The van der Waals surface area contributed by atoms with Gasteiger partial charge in [-0.3, -0.25) is 0 Å². The highest BCUT2D eigenvalue weighted by molar-refractivity contribution is 9.10. The Bertz CT molecular complexity index is 304. The summed E-state index contributed by atoms with van der Waals surface area (Å²) in [5, 5.41) is 8.79. The second kappa shape index (κ2) is 5.34. The summed E-state index contributed by atoms with van der Waals surface area (Å²) in [7, 11) is 1.61. The Morgan fingerprint density at radius 1 is 1.57 bits per heavy atom. The van der Waals surface area contributed by atoms with Crippen LogP contribution in [-0.2, 0) is 0 Å². The van der Waals surface area contributed by atoms with E-state index in [9.17, 15) is 0 Å². The van der Waals surface area contributed by atoms with Crippen LogP contribution in [-0.4, -0.2) is 18.8 Å². The topological polar surface area (TPSA) is 55.5 Å². The number of methoxy groups -OCH3 is 1. The molecule has 0 fully saturated rings. The zero-order valence-corrected chi connectivity index (χ0v) is 9.62. The maximum absolute atomic E-state index is 8.79. The predicted molar refractivity (Wildman–Crippen MR) is 59.3 cm³/mol. The van der Waals surface area contributed by atoms with Crippen LogP contribution in [0, 0.1) is 0 Å². The van der Waals surface area contributed by atoms with Gasteiger partial charge in [-0.2, -0.15) is 0 Å². The van der Waals surface area contributed by atoms with Gasteiger partial charge in [-0.15, -0.1) is 0 Å². The van der Waals surface area contributed by atoms with E-state index in [1.165, 1.54) is 0 Å². The van der Waals surface area contributed by atoms with Crippen LogP contribution in [0.15, 0.2) is 22.7 Å². The molecular formula is C10H14BrNO2. The average Bonchev–Trinajstić information content (AvgIpc) is 2.17. The van der Waals surface area contributed by atoms with Gasteiger partial charge in [0.25, 0.3) is 0 Å². The van der Waals surface area contributed by atoms with Crippen molar-refractivity contribution in [2.75, 3.05) is 13.7 Å². The molecule has 3 N–H and O–H groups in total. The van der Waals surface area contributed by atoms with Gasteiger partial charge < -0.3 is 15.6 Å². The summed E-state index contributed by atoms with van der Waals surface area (Å²) in [6, 6.07) is 5.51. The third kappa shape index (κ3) is 2.70. The molecule has 0 heterocycles. The molecule has 14 heavy (non-hydrogen) atoms. The minimum atomic E-state index is -0.178. The van der Waals surface area contributed by atoms with Gasteiger partial charge in [0.05, 0.1) is 7.11 Å². The molecule has 0 unspecified atom stereocenters. The van der Waals surface area contributed by atoms with E-state index in [0.717, 1.165) is 15.8 Å². The number of aliphatic hydroxyl groups excluding tert-OH is 1. The van der Waals surface area contributed by atoms with Crippen LogP contribution < -0.4 is 10.5 Å². The van der Waals surface area contributed by atoms with E-state index in [1.54, 1.807) is 7.11 Å². The summed E-state index contributed by atoms with van der Waals surface area (Å²) in [6.07, 6.45) is 0.540. The first kappa shape index (κ1) is 11.5. The second-order valence-corrected chi connectivity index (χ2v) is 3.92. The van der Waals surface area contributed by atoms with Crippen molar-refractivity contribution >= 4 is 15.9 Å². The fourth-order valence-corrected chi connectivity index (χ4v) is 1.63. The van der Waals surface area contributed by atoms with E-state index in [-0.39, 0.29) is 12.6 Å². The number of hydrogen-bond acceptors (Lipinski definition) is 3. The quantitative estimate of drug-likeness (QED) is 0.868. The molecule has 0 aliphatic carbocycles. The van der Waals surface area contributed by atoms with E-state index in [1.807, 2.05) is 18.2 Å². The van der Waals surface area contributed by atoms with Crippen LogP contribution in [0.3, 0.4) is 0 Å². The van der Waals surface area contributed by atoms with Crippen molar-refractivity contribution in [2.24, 2.45) is 5.73 Å². The first-order valence-electron chi connectivity index (χ1n) is 4.39. The molecule has 0 saturated carbocycles. The zero-order chi connectivity index (χ0) is 10.6. The minimum Gasteiger partial charge on any atom is -0.496 e. The Labute approximate surface area is 92.0 Å². The lowest BCUT2D eigenvalue weighted by atomic mass is 10.0. The number of hydrogen-bond donors (Lipinski definition) is 2. The SMILES string of the molecule is COc1cc(Br)ccc1[C@H](N)CCO. The number of aliphatic hydroxyl groups is 1. The van der Waals surface area contributed by atoms with Gasteiger partial charge in [0.1, 0.15) is 5.75 Å². The minimum absolute atomic E-state index is 0.0837. The highest BCUT2D eigenvalue weighted by Crippen LogP contribution is 2.28. The molecule has 1 aromatic rings. The molecule has 0 saturated heterocycles. The van der Waals surface area contributed by atoms with Gasteiger partial charge in [0, 0.05) is 22.7 Å². The van der Waals surface area contributed by atoms with Crippen molar-refractivity contribution in [1.29, 1.82) is 0 Å². The van der Waals surface area contributed by atoms with Crippen LogP contribution in [0.2, 0.25) is 0 Å². The lowest BCUT2D eigenvalue weighted by molar-refractivity contribution is 0.275. The van der Waals surface area contributed by atoms with E-state index in [0.29, 0.717) is 6.42 Å². The molecule has 0 spiro atoms. The lowest BCUT2D eigenvalue weighted by Gasteiger charge is -2.14. The van der Waals surface area contributed by atoms with Crippen molar-refractivity contribution in [3.05, 3.63) is 28.2 Å². The summed E-state index contributed by atoms with van der Waals surface area (Å²) in [4.78, 5) is 0. The number of rotatable bonds is 4. The van der Waals surface area contributed by atoms with E-state index >= 15 is 0 Å². The molecule has 78 valence electrons. The van der Waals surface area contributed by atoms with Crippen LogP contribution in [0.25, 0.3) is 0 Å². The standard InChI is InChI=1S/C10H14BrNO2/c1-14-10-6-7(11)2-3-8(10)9(12)4-5-13/h2-3,6,9,13H,4-5,12H2,1H3/t9-/m1/s1. The smallest absolute Gasteiger partial charge is 0.124 e. The molecule has 1 rings (SSSR count). The van der Waals surface area contributed by atoms with Gasteiger partial charge in [0.2, 0.25) is 0 Å². The third-order valence-corrected chi connectivity index (χ3v) is 2.53. The predicted octanol–water partition coefficient (Wildman–Crippen LogP) is 1.84. The van der Waals surface area contributed by atoms with Crippen molar-refractivity contribution in [2.45, 2.75) is 12.5 Å². The number of ether oxygens (including phenoxy) is 1. The molecule has 0 aliphatic heterocycles. The Kier molecular flexibility index (Phi) is 4.38. The molecule has 4 heteroatoms. The summed E-state index contributed by atoms with van der Waals surface area (Å²) >= 11 is 3.36. The summed E-state index contributed by atoms with van der Waals surface area (Å²) in [5.74, 6) is 0.750. The highest BCUT2D eigenvalue weighted by Gasteiger charge is 2.11. The first-order chi connectivity index (χ1) is 6.69. The van der Waals surface area contributed by atoms with Crippen molar-refractivity contribution in [1.82, 2.24) is 0 Å². The molecule has 0 aliphatic rings. The molecule has 0 aromatic heterocycles. The van der Waals surface area contributed by atoms with E-state index in [4.69, 9.17) is 15.6 Å². The molecule has 1 atom stereocenters. The van der Waals surface area contributed by atoms with Crippen LogP contribution >= 0.6 is 15.9 Å². The summed E-state index contributed by atoms with van der Waals surface area (Å²) < 4.78 is 6.16. The largest absolute Gasteiger partial charge is 0.496 e. The average molecular weight is 260 g/mol. The lowest BCUT2D eigenvalue weighted by Crippen LogP contribution is -2.13. The van der Waals surface area contributed by atoms with E-state index in [2.05, 4.69) is 15.9 Å². The maximum atomic E-state index is 8.79. The Balaban J connectivity index is 2.95. The first-order valence-corrected chi connectivity index (χ1v) is 5.18. The van der Waals surface area contributed by atoms with Gasteiger partial charge in [-0.1, -0.05) is 22.0 Å². The maximum Gasteiger partial charge on any atom is 0.124 e. The molecular weight excluding hydrogens is 246 g/mol. The Morgan fingerprint density at radius 2 is 2.29 bits per heavy atom. The van der Waals surface area contributed by atoms with Gasteiger partial charge >= 0.3 is 0 Å². The molecule has 0 amide bonds. The summed E-state index contributed by atoms with van der Waals surface area (Å²) in [6.45, 7) is 0.0837. The summed E-state index contributed by atoms with van der Waals surface area (Å²) in [5.41, 5.74) is 6.80. The van der Waals surface area contributed by atoms with Crippen molar-refractivity contribution in [3.8, 4) is 5.75 Å². The monoisotopic (exact) mass is 259 g/mol. The van der Waals surface area contributed by atoms with Crippen molar-refractivity contribution in [3.63, 3.8) is 0 Å². The van der Waals surface area contributed by atoms with Gasteiger partial charge in [-0.05, 0) is 18.6 Å². The van der Waals surface area contributed by atoms with Crippen LogP contribution in [0.1, 0.15) is 18.0 Å². The van der Waals surface area contributed by atoms with Crippen LogP contribution in [0.5, 0.6) is 5.75 Å². The molecule has 3 nitrogen and oxygen atoms in total. The Hall–Kier alpha value is -0.580. The number of halogens is 1. The second-order valence-electron chi connectivity index (χ2n) is 3.01. The fourth-order valence-electron chi connectivity index (χ4n) is 1.29. The van der Waals surface area contributed by atoms with Crippen molar-refractivity contribution < 1.29 is 9.84 Å². The normalized spacial score (nSPS) is 12.6. The molecule has 0 radical (unpaired) electrons. The Morgan fingerprint density at radius 3 is 2.86 bits per heavy atom. The number of benzene rings is 1. The van der Waals surface area contributed by atoms with E-state index < -0.39 is 0 Å². The third-order valence-electron chi connectivity index (χ3n) is 2.04. The van der Waals surface area contributed by atoms with Gasteiger partial charge in [-0.25, -0.2) is 0 Å². The van der Waals surface area contributed by atoms with Gasteiger partial charge in [0.15, 0.2) is 0 Å².